The Morgan fingerprint density at radius 1 is 1.23 bits per heavy atom. The van der Waals surface area contributed by atoms with Gasteiger partial charge >= 0.3 is 0 Å². The van der Waals surface area contributed by atoms with Gasteiger partial charge in [-0.1, -0.05) is 0 Å². The number of β-amino-alcohol motifs (C(OH)–C–C–N with tert-alkyl or cyclic N) is 1. The van der Waals surface area contributed by atoms with Crippen LogP contribution < -0.4 is 0 Å². The second-order valence-corrected chi connectivity index (χ2v) is 8.28. The molecule has 2 fully saturated rings. The topological polar surface area (TPSA) is 83.9 Å². The van der Waals surface area contributed by atoms with E-state index >= 15 is 0 Å². The number of carbonyl (C=O) groups is 2. The van der Waals surface area contributed by atoms with Gasteiger partial charge in [0.1, 0.15) is 11.2 Å². The van der Waals surface area contributed by atoms with Crippen LogP contribution in [-0.2, 0) is 16.2 Å². The molecule has 0 aromatic heterocycles. The zero-order chi connectivity index (χ0) is 18.8. The van der Waals surface area contributed by atoms with Crippen molar-refractivity contribution in [2.45, 2.75) is 32.8 Å². The van der Waals surface area contributed by atoms with Crippen LogP contribution in [0.15, 0.2) is 17.5 Å². The van der Waals surface area contributed by atoms with Crippen molar-refractivity contribution in [2.24, 2.45) is 0 Å². The molecule has 2 saturated heterocycles. The van der Waals surface area contributed by atoms with Gasteiger partial charge in [0.15, 0.2) is 0 Å². The van der Waals surface area contributed by atoms with E-state index in [2.05, 4.69) is 0 Å². The highest BCUT2D eigenvalue weighted by Crippen LogP contribution is 2.22. The van der Waals surface area contributed by atoms with Gasteiger partial charge in [0.2, 0.25) is 0 Å². The number of nitrogens with zero attached hydrogens (tertiary/aromatic N) is 2. The molecular formula is C19H24N2O4S. The van der Waals surface area contributed by atoms with Crippen molar-refractivity contribution in [3.63, 3.8) is 0 Å². The number of carbonyl (C=O) groups excluding carboxylic acids is 2. The van der Waals surface area contributed by atoms with E-state index in [1.807, 2.05) is 32.1 Å². The molecule has 7 heteroatoms. The SMILES string of the molecule is Cc1cc(C(=O)N2CC(O)C2)cc(C)c1/C=C/[S@+]([O-])N1CCC(=O)CC1. The van der Waals surface area contributed by atoms with E-state index in [0.717, 1.165) is 16.7 Å². The van der Waals surface area contributed by atoms with E-state index in [-0.39, 0.29) is 11.7 Å². The van der Waals surface area contributed by atoms with Gasteiger partial charge < -0.3 is 14.6 Å². The van der Waals surface area contributed by atoms with Crippen LogP contribution >= 0.6 is 0 Å². The molecule has 6 nitrogen and oxygen atoms in total. The average molecular weight is 376 g/mol. The Morgan fingerprint density at radius 3 is 2.35 bits per heavy atom. The highest BCUT2D eigenvalue weighted by molar-refractivity contribution is 7.92. The van der Waals surface area contributed by atoms with E-state index in [9.17, 15) is 19.2 Å². The second-order valence-electron chi connectivity index (χ2n) is 6.93. The van der Waals surface area contributed by atoms with Gasteiger partial charge in [-0.05, 0) is 48.7 Å². The van der Waals surface area contributed by atoms with E-state index in [0.29, 0.717) is 44.6 Å². The molecule has 1 atom stereocenters. The number of hydrogen-bond donors (Lipinski definition) is 1. The Balaban J connectivity index is 1.70. The Kier molecular flexibility index (Phi) is 5.82. The highest BCUT2D eigenvalue weighted by atomic mass is 32.2. The number of amides is 1. The summed E-state index contributed by atoms with van der Waals surface area (Å²) in [5.74, 6) is 0.155. The van der Waals surface area contributed by atoms with Crippen LogP contribution in [0.1, 0.15) is 39.9 Å². The number of piperidine rings is 1. The van der Waals surface area contributed by atoms with Crippen LogP contribution in [-0.4, -0.2) is 62.8 Å². The van der Waals surface area contributed by atoms with Crippen molar-refractivity contribution in [3.8, 4) is 0 Å². The van der Waals surface area contributed by atoms with Crippen LogP contribution in [0.5, 0.6) is 0 Å². The Hall–Kier alpha value is -1.67. The maximum Gasteiger partial charge on any atom is 0.254 e. The fraction of sp³-hybridized carbons (Fsp3) is 0.474. The van der Waals surface area contributed by atoms with Gasteiger partial charge in [0.25, 0.3) is 5.91 Å². The molecule has 2 aliphatic rings. The molecular weight excluding hydrogens is 352 g/mol. The molecule has 0 spiro atoms. The van der Waals surface area contributed by atoms with Crippen molar-refractivity contribution in [1.29, 1.82) is 0 Å². The summed E-state index contributed by atoms with van der Waals surface area (Å²) in [5.41, 5.74) is 3.44. The average Bonchev–Trinajstić information content (AvgIpc) is 2.58. The molecule has 1 aromatic carbocycles. The van der Waals surface area contributed by atoms with E-state index < -0.39 is 17.5 Å². The number of aliphatic hydroxyl groups excluding tert-OH is 1. The normalized spacial score (nSPS) is 20.5. The number of aliphatic hydroxyl groups is 1. The number of benzene rings is 1. The number of rotatable bonds is 4. The molecule has 0 bridgehead atoms. The van der Waals surface area contributed by atoms with Gasteiger partial charge in [0, 0.05) is 31.5 Å². The summed E-state index contributed by atoms with van der Waals surface area (Å²) in [4.78, 5) is 25.3. The van der Waals surface area contributed by atoms with Crippen LogP contribution in [0.3, 0.4) is 0 Å². The lowest BCUT2D eigenvalue weighted by molar-refractivity contribution is -0.120. The minimum Gasteiger partial charge on any atom is -0.593 e. The summed E-state index contributed by atoms with van der Waals surface area (Å²) in [6, 6.07) is 3.67. The third-order valence-electron chi connectivity index (χ3n) is 4.88. The van der Waals surface area contributed by atoms with Crippen molar-refractivity contribution in [1.82, 2.24) is 9.21 Å². The predicted octanol–water partition coefficient (Wildman–Crippen LogP) is 1.42. The lowest BCUT2D eigenvalue weighted by atomic mass is 9.98. The quantitative estimate of drug-likeness (QED) is 0.804. The summed E-state index contributed by atoms with van der Waals surface area (Å²) in [7, 11) is 0. The molecule has 1 aromatic rings. The summed E-state index contributed by atoms with van der Waals surface area (Å²) in [6.45, 7) is 5.69. The number of likely N-dealkylation sites (tertiary alicyclic amines) is 1. The molecule has 140 valence electrons. The Morgan fingerprint density at radius 2 is 1.81 bits per heavy atom. The highest BCUT2D eigenvalue weighted by Gasteiger charge is 2.30. The van der Waals surface area contributed by atoms with Gasteiger partial charge in [-0.3, -0.25) is 9.59 Å². The maximum atomic E-state index is 12.4. The van der Waals surface area contributed by atoms with Crippen LogP contribution in [0, 0.1) is 13.8 Å². The first kappa shape index (κ1) is 19.1. The zero-order valence-corrected chi connectivity index (χ0v) is 15.9. The molecule has 1 amide bonds. The minimum atomic E-state index is -1.26. The van der Waals surface area contributed by atoms with Crippen LogP contribution in [0.25, 0.3) is 6.08 Å². The molecule has 0 radical (unpaired) electrons. The second kappa shape index (κ2) is 7.92. The zero-order valence-electron chi connectivity index (χ0n) is 15.1. The predicted molar refractivity (Wildman–Crippen MR) is 101 cm³/mol. The first-order chi connectivity index (χ1) is 12.3. The van der Waals surface area contributed by atoms with Gasteiger partial charge in [-0.15, -0.1) is 4.31 Å². The number of ketones is 1. The van der Waals surface area contributed by atoms with Crippen molar-refractivity contribution in [2.75, 3.05) is 26.2 Å². The molecule has 3 rings (SSSR count). The third-order valence-corrected chi connectivity index (χ3v) is 6.12. The standard InChI is InChI=1S/C19H24N2O4S/c1-13-9-15(19(24)20-11-17(23)12-20)10-14(2)18(13)5-8-26(25)21-6-3-16(22)4-7-21/h5,8-10,17,23H,3-4,6-7,11-12H2,1-2H3/b8-5+/t26-/m0/s1. The molecule has 1 N–H and O–H groups in total. The van der Waals surface area contributed by atoms with Crippen molar-refractivity contribution < 1.29 is 19.2 Å². The molecule has 0 aliphatic carbocycles. The molecule has 0 saturated carbocycles. The smallest absolute Gasteiger partial charge is 0.254 e. The van der Waals surface area contributed by atoms with Gasteiger partial charge in [-0.25, -0.2) is 0 Å². The number of aryl methyl sites for hydroxylation is 2. The Bertz CT molecular complexity index is 710. The molecule has 26 heavy (non-hydrogen) atoms. The summed E-state index contributed by atoms with van der Waals surface area (Å²) in [6.07, 6.45) is 2.33. The molecule has 2 heterocycles. The van der Waals surface area contributed by atoms with Crippen LogP contribution in [0.2, 0.25) is 0 Å². The first-order valence-electron chi connectivity index (χ1n) is 8.79. The van der Waals surface area contributed by atoms with Crippen molar-refractivity contribution >= 4 is 29.1 Å². The fourth-order valence-corrected chi connectivity index (χ4v) is 4.26. The summed E-state index contributed by atoms with van der Waals surface area (Å²) >= 11 is -1.26. The van der Waals surface area contributed by atoms with Crippen LogP contribution in [0.4, 0.5) is 0 Å². The number of hydrogen-bond acceptors (Lipinski definition) is 5. The Labute approximate surface area is 156 Å². The third kappa shape index (κ3) is 4.17. The summed E-state index contributed by atoms with van der Waals surface area (Å²) in [5, 5.41) is 11.0. The maximum absolute atomic E-state index is 12.4. The monoisotopic (exact) mass is 376 g/mol. The number of Topliss-reactive ketones (excluding diaryl/α,β-unsaturated/α-hetero) is 1. The largest absolute Gasteiger partial charge is 0.593 e. The van der Waals surface area contributed by atoms with E-state index in [1.54, 1.807) is 14.6 Å². The summed E-state index contributed by atoms with van der Waals surface area (Å²) < 4.78 is 14.2. The lowest BCUT2D eigenvalue weighted by Gasteiger charge is -2.36. The molecule has 2 aliphatic heterocycles. The fourth-order valence-electron chi connectivity index (χ4n) is 3.29. The van der Waals surface area contributed by atoms with Gasteiger partial charge in [-0.2, -0.15) is 0 Å². The minimum absolute atomic E-state index is 0.0708. The van der Waals surface area contributed by atoms with Crippen molar-refractivity contribution in [3.05, 3.63) is 39.8 Å². The van der Waals surface area contributed by atoms with E-state index in [4.69, 9.17) is 0 Å². The molecule has 0 unspecified atom stereocenters. The van der Waals surface area contributed by atoms with E-state index in [1.165, 1.54) is 0 Å². The first-order valence-corrected chi connectivity index (χ1v) is 9.96. The van der Waals surface area contributed by atoms with Gasteiger partial charge in [0.05, 0.1) is 30.6 Å². The lowest BCUT2D eigenvalue weighted by Crippen LogP contribution is -2.53.